The molecule has 3 rings (SSSR count). The van der Waals surface area contributed by atoms with Crippen molar-refractivity contribution in [1.82, 2.24) is 19.9 Å². The van der Waals surface area contributed by atoms with Gasteiger partial charge in [0.1, 0.15) is 0 Å². The van der Waals surface area contributed by atoms with E-state index < -0.39 is 0 Å². The Bertz CT molecular complexity index is 532. The normalized spacial score (nSPS) is 20.2. The molecule has 18 heavy (non-hydrogen) atoms. The lowest BCUT2D eigenvalue weighted by molar-refractivity contribution is 0.0806. The van der Waals surface area contributed by atoms with Gasteiger partial charge in [0.05, 0.1) is 13.2 Å². The van der Waals surface area contributed by atoms with E-state index in [1.54, 1.807) is 4.52 Å². The average molecular weight is 247 g/mol. The molecule has 6 heteroatoms. The summed E-state index contributed by atoms with van der Waals surface area (Å²) in [6, 6.07) is 4.33. The van der Waals surface area contributed by atoms with Gasteiger partial charge in [0, 0.05) is 25.3 Å². The van der Waals surface area contributed by atoms with Crippen LogP contribution < -0.4 is 10.6 Å². The van der Waals surface area contributed by atoms with Crippen molar-refractivity contribution in [2.75, 3.05) is 31.6 Å². The Morgan fingerprint density at radius 2 is 2.50 bits per heavy atom. The van der Waals surface area contributed by atoms with E-state index in [0.717, 1.165) is 32.0 Å². The number of pyridine rings is 1. The molecule has 1 fully saturated rings. The predicted octanol–water partition coefficient (Wildman–Crippen LogP) is 0.438. The van der Waals surface area contributed by atoms with Crippen LogP contribution in [-0.2, 0) is 4.74 Å². The third kappa shape index (κ3) is 2.44. The lowest BCUT2D eigenvalue weighted by Gasteiger charge is -2.23. The van der Waals surface area contributed by atoms with Gasteiger partial charge in [-0.3, -0.25) is 0 Å². The molecule has 3 heterocycles. The number of hydrogen-bond donors (Lipinski definition) is 2. The number of morpholine rings is 1. The molecule has 1 aliphatic rings. The van der Waals surface area contributed by atoms with Crippen molar-refractivity contribution in [1.29, 1.82) is 0 Å². The number of nitrogens with zero attached hydrogens (tertiary/aromatic N) is 3. The van der Waals surface area contributed by atoms with Crippen LogP contribution in [0.1, 0.15) is 5.56 Å². The van der Waals surface area contributed by atoms with E-state index in [1.807, 2.05) is 25.3 Å². The summed E-state index contributed by atoms with van der Waals surface area (Å²) < 4.78 is 7.19. The van der Waals surface area contributed by atoms with Crippen molar-refractivity contribution in [3.8, 4) is 0 Å². The molecule has 1 atom stereocenters. The molecule has 1 saturated heterocycles. The van der Waals surface area contributed by atoms with Gasteiger partial charge < -0.3 is 15.4 Å². The SMILES string of the molecule is Cc1ccc2nc(NCC3COCCN3)nn2c1. The largest absolute Gasteiger partial charge is 0.378 e. The third-order valence-electron chi connectivity index (χ3n) is 2.98. The smallest absolute Gasteiger partial charge is 0.243 e. The molecule has 2 aromatic heterocycles. The van der Waals surface area contributed by atoms with Crippen LogP contribution in [0.2, 0.25) is 0 Å². The Kier molecular flexibility index (Phi) is 3.12. The van der Waals surface area contributed by atoms with Gasteiger partial charge in [-0.1, -0.05) is 6.07 Å². The van der Waals surface area contributed by atoms with E-state index in [-0.39, 0.29) is 0 Å². The molecule has 96 valence electrons. The first-order chi connectivity index (χ1) is 8.81. The summed E-state index contributed by atoms with van der Waals surface area (Å²) in [4.78, 5) is 4.41. The Morgan fingerprint density at radius 3 is 3.33 bits per heavy atom. The zero-order valence-corrected chi connectivity index (χ0v) is 10.4. The monoisotopic (exact) mass is 247 g/mol. The Hall–Kier alpha value is -1.66. The minimum absolute atomic E-state index is 0.326. The summed E-state index contributed by atoms with van der Waals surface area (Å²) in [6.45, 7) is 5.25. The summed E-state index contributed by atoms with van der Waals surface area (Å²) >= 11 is 0. The number of aromatic nitrogens is 3. The maximum Gasteiger partial charge on any atom is 0.243 e. The molecular formula is C12H17N5O. The van der Waals surface area contributed by atoms with Gasteiger partial charge in [-0.2, -0.15) is 4.98 Å². The number of rotatable bonds is 3. The number of anilines is 1. The molecule has 1 aliphatic heterocycles. The number of fused-ring (bicyclic) bond motifs is 1. The van der Waals surface area contributed by atoms with Crippen molar-refractivity contribution < 1.29 is 4.74 Å². The highest BCUT2D eigenvalue weighted by molar-refractivity contribution is 5.44. The van der Waals surface area contributed by atoms with Gasteiger partial charge in [0.15, 0.2) is 5.65 Å². The van der Waals surface area contributed by atoms with Crippen molar-refractivity contribution in [2.24, 2.45) is 0 Å². The zero-order valence-electron chi connectivity index (χ0n) is 10.4. The standard InChI is InChI=1S/C12H17N5O/c1-9-2-3-11-15-12(16-17(11)7-9)14-6-10-8-18-5-4-13-10/h2-3,7,10,13H,4-6,8H2,1H3,(H,14,16). The van der Waals surface area contributed by atoms with Crippen LogP contribution >= 0.6 is 0 Å². The molecule has 0 saturated carbocycles. The molecule has 0 amide bonds. The third-order valence-corrected chi connectivity index (χ3v) is 2.98. The Labute approximate surface area is 105 Å². The first kappa shape index (κ1) is 11.4. The van der Waals surface area contributed by atoms with Crippen LogP contribution in [0.5, 0.6) is 0 Å². The van der Waals surface area contributed by atoms with E-state index in [4.69, 9.17) is 4.74 Å². The number of ether oxygens (including phenoxy) is 1. The topological polar surface area (TPSA) is 63.5 Å². The van der Waals surface area contributed by atoms with E-state index in [9.17, 15) is 0 Å². The van der Waals surface area contributed by atoms with E-state index >= 15 is 0 Å². The van der Waals surface area contributed by atoms with Crippen molar-refractivity contribution in [3.63, 3.8) is 0 Å². The van der Waals surface area contributed by atoms with Crippen LogP contribution in [0.15, 0.2) is 18.3 Å². The van der Waals surface area contributed by atoms with Crippen molar-refractivity contribution in [3.05, 3.63) is 23.9 Å². The van der Waals surface area contributed by atoms with Crippen LogP contribution in [0, 0.1) is 6.92 Å². The van der Waals surface area contributed by atoms with E-state index in [2.05, 4.69) is 20.7 Å². The zero-order chi connectivity index (χ0) is 12.4. The van der Waals surface area contributed by atoms with Gasteiger partial charge >= 0.3 is 0 Å². The molecule has 6 nitrogen and oxygen atoms in total. The summed E-state index contributed by atoms with van der Waals surface area (Å²) in [6.07, 6.45) is 1.97. The second-order valence-corrected chi connectivity index (χ2v) is 4.55. The van der Waals surface area contributed by atoms with E-state index in [1.165, 1.54) is 5.56 Å². The molecule has 1 unspecified atom stereocenters. The van der Waals surface area contributed by atoms with Crippen molar-refractivity contribution >= 4 is 11.6 Å². The maximum absolute atomic E-state index is 5.40. The fourth-order valence-electron chi connectivity index (χ4n) is 2.03. The molecule has 0 radical (unpaired) electrons. The second-order valence-electron chi connectivity index (χ2n) is 4.55. The quantitative estimate of drug-likeness (QED) is 0.824. The molecule has 2 N–H and O–H groups in total. The van der Waals surface area contributed by atoms with Crippen LogP contribution in [0.4, 0.5) is 5.95 Å². The molecular weight excluding hydrogens is 230 g/mol. The maximum atomic E-state index is 5.40. The highest BCUT2D eigenvalue weighted by atomic mass is 16.5. The fourth-order valence-corrected chi connectivity index (χ4v) is 2.03. The number of aryl methyl sites for hydroxylation is 1. The predicted molar refractivity (Wildman–Crippen MR) is 68.8 cm³/mol. The summed E-state index contributed by atoms with van der Waals surface area (Å²) in [7, 11) is 0. The average Bonchev–Trinajstić information content (AvgIpc) is 2.79. The minimum Gasteiger partial charge on any atom is -0.378 e. The second kappa shape index (κ2) is 4.91. The molecule has 0 bridgehead atoms. The van der Waals surface area contributed by atoms with E-state index in [0.29, 0.717) is 12.0 Å². The molecule has 0 aliphatic carbocycles. The number of hydrogen-bond acceptors (Lipinski definition) is 5. The highest BCUT2D eigenvalue weighted by Gasteiger charge is 2.13. The molecule has 0 spiro atoms. The molecule has 0 aromatic carbocycles. The van der Waals surface area contributed by atoms with Gasteiger partial charge in [-0.15, -0.1) is 5.10 Å². The fraction of sp³-hybridized carbons (Fsp3) is 0.500. The highest BCUT2D eigenvalue weighted by Crippen LogP contribution is 2.07. The summed E-state index contributed by atoms with van der Waals surface area (Å²) in [5.74, 6) is 0.660. The van der Waals surface area contributed by atoms with Gasteiger partial charge in [0.25, 0.3) is 0 Å². The van der Waals surface area contributed by atoms with Crippen molar-refractivity contribution in [2.45, 2.75) is 13.0 Å². The first-order valence-corrected chi connectivity index (χ1v) is 6.19. The van der Waals surface area contributed by atoms with Gasteiger partial charge in [-0.25, -0.2) is 4.52 Å². The van der Waals surface area contributed by atoms with Gasteiger partial charge in [-0.05, 0) is 18.6 Å². The van der Waals surface area contributed by atoms with Crippen LogP contribution in [0.25, 0.3) is 5.65 Å². The van der Waals surface area contributed by atoms with Gasteiger partial charge in [0.2, 0.25) is 5.95 Å². The first-order valence-electron chi connectivity index (χ1n) is 6.19. The lowest BCUT2D eigenvalue weighted by Crippen LogP contribution is -2.45. The summed E-state index contributed by atoms with van der Waals surface area (Å²) in [5.41, 5.74) is 2.03. The number of nitrogens with one attached hydrogen (secondary N) is 2. The Morgan fingerprint density at radius 1 is 1.56 bits per heavy atom. The molecule has 2 aromatic rings. The lowest BCUT2D eigenvalue weighted by atomic mass is 10.3. The van der Waals surface area contributed by atoms with Crippen LogP contribution in [-0.4, -0.2) is 46.9 Å². The minimum atomic E-state index is 0.326. The Balaban J connectivity index is 1.67. The summed E-state index contributed by atoms with van der Waals surface area (Å²) in [5, 5.41) is 11.0. The van der Waals surface area contributed by atoms with Crippen LogP contribution in [0.3, 0.4) is 0 Å².